The summed E-state index contributed by atoms with van der Waals surface area (Å²) in [5.41, 5.74) is 7.64. The first-order valence-corrected chi connectivity index (χ1v) is 12.7. The van der Waals surface area contributed by atoms with Crippen molar-refractivity contribution < 1.29 is 13.3 Å². The van der Waals surface area contributed by atoms with E-state index < -0.39 is 14.9 Å². The number of nitrogens with two attached hydrogens (primary N) is 1. The maximum Gasteiger partial charge on any atom is 0.269 e. The first-order chi connectivity index (χ1) is 17.8. The van der Waals surface area contributed by atoms with E-state index in [1.165, 1.54) is 24.3 Å². The maximum absolute atomic E-state index is 11.9. The average Bonchev–Trinajstić information content (AvgIpc) is 2.93. The van der Waals surface area contributed by atoms with Crippen molar-refractivity contribution in [2.45, 2.75) is 4.90 Å². The molecule has 1 aliphatic heterocycles. The summed E-state index contributed by atoms with van der Waals surface area (Å²) in [6.45, 7) is 0. The molecule has 0 saturated heterocycles. The Bertz CT molecular complexity index is 1620. The number of non-ortho nitro benzene ring substituents is 1. The summed E-state index contributed by atoms with van der Waals surface area (Å²) < 4.78 is 23.8. The van der Waals surface area contributed by atoms with Crippen LogP contribution in [0.15, 0.2) is 119 Å². The Morgan fingerprint density at radius 3 is 1.86 bits per heavy atom. The predicted molar refractivity (Wildman–Crippen MR) is 143 cm³/mol. The van der Waals surface area contributed by atoms with Crippen LogP contribution >= 0.6 is 0 Å². The van der Waals surface area contributed by atoms with E-state index in [1.54, 1.807) is 24.3 Å². The number of nitrogens with one attached hydrogen (secondary N) is 1. The highest BCUT2D eigenvalue weighted by Gasteiger charge is 2.29. The molecule has 0 aliphatic carbocycles. The monoisotopic (exact) mass is 511 g/mol. The maximum atomic E-state index is 11.9. The van der Waals surface area contributed by atoms with Crippen molar-refractivity contribution in [1.82, 2.24) is 5.43 Å². The van der Waals surface area contributed by atoms with Crippen LogP contribution in [-0.4, -0.2) is 19.2 Å². The lowest BCUT2D eigenvalue weighted by Gasteiger charge is -2.34. The quantitative estimate of drug-likeness (QED) is 0.289. The summed E-state index contributed by atoms with van der Waals surface area (Å²) >= 11 is 0. The van der Waals surface area contributed by atoms with E-state index in [9.17, 15) is 18.5 Å². The molecule has 1 aliphatic rings. The van der Waals surface area contributed by atoms with Crippen LogP contribution in [0, 0.1) is 10.1 Å². The molecule has 5 rings (SSSR count). The molecule has 0 saturated carbocycles. The fraction of sp³-hybridized carbons (Fsp3) is 0. The molecule has 0 amide bonds. The van der Waals surface area contributed by atoms with E-state index in [0.717, 1.165) is 22.5 Å². The van der Waals surface area contributed by atoms with Crippen molar-refractivity contribution >= 4 is 38.6 Å². The van der Waals surface area contributed by atoms with Crippen LogP contribution in [0.2, 0.25) is 0 Å². The van der Waals surface area contributed by atoms with Gasteiger partial charge in [0.1, 0.15) is 0 Å². The molecule has 184 valence electrons. The van der Waals surface area contributed by atoms with Crippen LogP contribution in [0.3, 0.4) is 0 Å². The number of benzene rings is 4. The number of primary sulfonamides is 1. The molecule has 0 spiro atoms. The van der Waals surface area contributed by atoms with Crippen LogP contribution in [0.5, 0.6) is 0 Å². The molecule has 4 aromatic rings. The molecule has 0 radical (unpaired) electrons. The number of anilines is 1. The minimum Gasteiger partial charge on any atom is -0.290 e. The summed E-state index contributed by atoms with van der Waals surface area (Å²) in [6, 6.07) is 31.6. The Hall–Kier alpha value is -4.80. The first-order valence-electron chi connectivity index (χ1n) is 11.2. The van der Waals surface area contributed by atoms with Gasteiger partial charge in [-0.2, -0.15) is 5.10 Å². The molecule has 0 atom stereocenters. The summed E-state index contributed by atoms with van der Waals surface area (Å²) in [5.74, 6) is 0.469. The van der Waals surface area contributed by atoms with Crippen molar-refractivity contribution in [3.05, 3.63) is 136 Å². The molecule has 0 bridgehead atoms. The second kappa shape index (κ2) is 9.69. The zero-order valence-electron chi connectivity index (χ0n) is 19.4. The largest absolute Gasteiger partial charge is 0.290 e. The minimum atomic E-state index is -3.89. The molecule has 0 unspecified atom stereocenters. The van der Waals surface area contributed by atoms with Crippen LogP contribution in [0.4, 0.5) is 11.4 Å². The number of hydrogen-bond acceptors (Lipinski definition) is 7. The highest BCUT2D eigenvalue weighted by atomic mass is 32.2. The van der Waals surface area contributed by atoms with Gasteiger partial charge < -0.3 is 0 Å². The second-order valence-corrected chi connectivity index (χ2v) is 9.74. The molecule has 10 heteroatoms. The second-order valence-electron chi connectivity index (χ2n) is 8.18. The van der Waals surface area contributed by atoms with E-state index in [-0.39, 0.29) is 10.6 Å². The van der Waals surface area contributed by atoms with Gasteiger partial charge >= 0.3 is 0 Å². The number of nitro benzene ring substituents is 1. The fourth-order valence-electron chi connectivity index (χ4n) is 4.07. The van der Waals surface area contributed by atoms with Gasteiger partial charge in [0.2, 0.25) is 10.0 Å². The number of nitrogens with zero attached hydrogens (tertiary/aromatic N) is 3. The van der Waals surface area contributed by atoms with Crippen molar-refractivity contribution in [2.75, 3.05) is 4.90 Å². The first kappa shape index (κ1) is 23.9. The molecule has 3 N–H and O–H groups in total. The van der Waals surface area contributed by atoms with Crippen LogP contribution in [0.25, 0.3) is 11.4 Å². The summed E-state index contributed by atoms with van der Waals surface area (Å²) in [7, 11) is -3.89. The van der Waals surface area contributed by atoms with Gasteiger partial charge in [0.25, 0.3) is 5.69 Å². The highest BCUT2D eigenvalue weighted by molar-refractivity contribution is 7.89. The Labute approximate surface area is 213 Å². The van der Waals surface area contributed by atoms with Gasteiger partial charge in [0.15, 0.2) is 5.84 Å². The number of amidine groups is 1. The van der Waals surface area contributed by atoms with E-state index in [2.05, 4.69) is 10.5 Å². The smallest absolute Gasteiger partial charge is 0.269 e. The lowest BCUT2D eigenvalue weighted by Crippen LogP contribution is -2.37. The zero-order valence-corrected chi connectivity index (χ0v) is 20.2. The van der Waals surface area contributed by atoms with Gasteiger partial charge in [-0.15, -0.1) is 0 Å². The lowest BCUT2D eigenvalue weighted by molar-refractivity contribution is -0.384. The van der Waals surface area contributed by atoms with Crippen molar-refractivity contribution in [3.63, 3.8) is 0 Å². The standard InChI is InChI=1S/C27H21N5O4S/c28-37(35,36)24-17-15-22(16-18-24)31-26(20-9-5-2-6-10-20)25(19-7-3-1-4-8-19)29-30-27(31)21-11-13-23(14-12-21)32(33)34/h1-18,29H,(H2,28,35,36). The fourth-order valence-corrected chi connectivity index (χ4v) is 4.58. The predicted octanol–water partition coefficient (Wildman–Crippen LogP) is 4.54. The summed E-state index contributed by atoms with van der Waals surface area (Å²) in [6.07, 6.45) is 0. The van der Waals surface area contributed by atoms with Gasteiger partial charge in [-0.05, 0) is 36.4 Å². The van der Waals surface area contributed by atoms with Gasteiger partial charge in [0, 0.05) is 34.5 Å². The Balaban J connectivity index is 1.74. The molecule has 37 heavy (non-hydrogen) atoms. The normalized spacial score (nSPS) is 13.6. The molecular weight excluding hydrogens is 490 g/mol. The Morgan fingerprint density at radius 1 is 0.757 bits per heavy atom. The topological polar surface area (TPSA) is 131 Å². The molecular formula is C27H21N5O4S. The van der Waals surface area contributed by atoms with Gasteiger partial charge in [-0.3, -0.25) is 20.4 Å². The third kappa shape index (κ3) is 4.83. The third-order valence-corrected chi connectivity index (χ3v) is 6.74. The number of hydrogen-bond donors (Lipinski definition) is 2. The van der Waals surface area contributed by atoms with E-state index >= 15 is 0 Å². The molecule has 0 fully saturated rings. The minimum absolute atomic E-state index is 0.0197. The lowest BCUT2D eigenvalue weighted by atomic mass is 10.0. The Morgan fingerprint density at radius 2 is 1.32 bits per heavy atom. The van der Waals surface area contributed by atoms with E-state index in [1.807, 2.05) is 65.6 Å². The number of sulfonamides is 1. The van der Waals surface area contributed by atoms with E-state index in [4.69, 9.17) is 5.14 Å². The molecule has 1 heterocycles. The van der Waals surface area contributed by atoms with Crippen molar-refractivity contribution in [2.24, 2.45) is 10.2 Å². The van der Waals surface area contributed by atoms with Crippen molar-refractivity contribution in [3.8, 4) is 0 Å². The third-order valence-electron chi connectivity index (χ3n) is 5.82. The SMILES string of the molecule is NS(=O)(=O)c1ccc(N2C(c3ccc([N+](=O)[O-])cc3)=NNC(c3ccccc3)=C2c2ccccc2)cc1. The van der Waals surface area contributed by atoms with Crippen LogP contribution in [-0.2, 0) is 10.0 Å². The van der Waals surface area contributed by atoms with Crippen LogP contribution < -0.4 is 15.5 Å². The number of rotatable bonds is 6. The zero-order chi connectivity index (χ0) is 26.0. The van der Waals surface area contributed by atoms with Crippen LogP contribution in [0.1, 0.15) is 16.7 Å². The number of hydrazone groups is 1. The van der Waals surface area contributed by atoms with Gasteiger partial charge in [-0.25, -0.2) is 13.6 Å². The molecule has 0 aromatic heterocycles. The summed E-state index contributed by atoms with van der Waals surface area (Å²) in [4.78, 5) is 12.6. The highest BCUT2D eigenvalue weighted by Crippen LogP contribution is 2.36. The number of nitro groups is 1. The molecule has 4 aromatic carbocycles. The summed E-state index contributed by atoms with van der Waals surface area (Å²) in [5, 5.41) is 21.2. The van der Waals surface area contributed by atoms with Gasteiger partial charge in [-0.1, -0.05) is 60.7 Å². The van der Waals surface area contributed by atoms with Gasteiger partial charge in [0.05, 0.1) is 21.2 Å². The van der Waals surface area contributed by atoms with E-state index in [0.29, 0.717) is 17.1 Å². The Kier molecular flexibility index (Phi) is 6.26. The average molecular weight is 512 g/mol. The molecule has 9 nitrogen and oxygen atoms in total. The van der Waals surface area contributed by atoms with Crippen molar-refractivity contribution in [1.29, 1.82) is 0 Å².